The Bertz CT molecular complexity index is 1230. The third kappa shape index (κ3) is 6.60. The van der Waals surface area contributed by atoms with Crippen molar-refractivity contribution in [3.8, 4) is 17.2 Å². The molecule has 6 heteroatoms. The zero-order valence-electron chi connectivity index (χ0n) is 23.3. The molecule has 1 atom stereocenters. The number of ether oxygens (including phenoxy) is 2. The molecule has 0 bridgehead atoms. The van der Waals surface area contributed by atoms with E-state index in [1.807, 2.05) is 31.3 Å². The first-order valence-corrected chi connectivity index (χ1v) is 13.6. The summed E-state index contributed by atoms with van der Waals surface area (Å²) < 4.78 is 26.3. The number of rotatable bonds is 11. The van der Waals surface area contributed by atoms with Crippen molar-refractivity contribution >= 4 is 5.69 Å². The van der Waals surface area contributed by atoms with E-state index in [1.54, 1.807) is 25.3 Å². The maximum Gasteiger partial charge on any atom is 0.165 e. The smallest absolute Gasteiger partial charge is 0.165 e. The van der Waals surface area contributed by atoms with Gasteiger partial charge in [0.15, 0.2) is 11.6 Å². The van der Waals surface area contributed by atoms with Gasteiger partial charge < -0.3 is 24.4 Å². The van der Waals surface area contributed by atoms with Crippen LogP contribution in [-0.4, -0.2) is 49.9 Å². The average molecular weight is 521 g/mol. The maximum atomic E-state index is 15.0. The predicted molar refractivity (Wildman–Crippen MR) is 152 cm³/mol. The van der Waals surface area contributed by atoms with Crippen molar-refractivity contribution in [1.82, 2.24) is 4.90 Å². The number of nitrogens with zero attached hydrogens (tertiary/aromatic N) is 2. The summed E-state index contributed by atoms with van der Waals surface area (Å²) in [5.41, 5.74) is 5.82. The van der Waals surface area contributed by atoms with Crippen LogP contribution < -0.4 is 14.4 Å². The van der Waals surface area contributed by atoms with Crippen LogP contribution >= 0.6 is 0 Å². The highest BCUT2D eigenvalue weighted by atomic mass is 19.1. The minimum atomic E-state index is -0.330. The summed E-state index contributed by atoms with van der Waals surface area (Å²) in [7, 11) is 3.71. The molecule has 0 aromatic heterocycles. The van der Waals surface area contributed by atoms with Gasteiger partial charge in [-0.1, -0.05) is 25.1 Å². The van der Waals surface area contributed by atoms with E-state index in [1.165, 1.54) is 16.7 Å². The number of phenols is 1. The lowest BCUT2D eigenvalue weighted by molar-refractivity contribution is 0.236. The first-order chi connectivity index (χ1) is 18.3. The number of hydrogen-bond acceptors (Lipinski definition) is 5. The fourth-order valence-corrected chi connectivity index (χ4v) is 5.22. The average Bonchev–Trinajstić information content (AvgIpc) is 2.91. The quantitative estimate of drug-likeness (QED) is 0.310. The third-order valence-electron chi connectivity index (χ3n) is 7.65. The normalized spacial score (nSPS) is 15.0. The number of phenolic OH excluding ortho intramolecular Hbond substituents is 1. The molecule has 0 fully saturated rings. The second-order valence-corrected chi connectivity index (χ2v) is 10.5. The molecule has 204 valence electrons. The molecule has 3 aromatic carbocycles. The summed E-state index contributed by atoms with van der Waals surface area (Å²) in [6, 6.07) is 17.5. The van der Waals surface area contributed by atoms with Crippen LogP contribution in [0.4, 0.5) is 10.1 Å². The van der Waals surface area contributed by atoms with Crippen LogP contribution in [0.25, 0.3) is 0 Å². The van der Waals surface area contributed by atoms with E-state index < -0.39 is 0 Å². The monoisotopic (exact) mass is 520 g/mol. The van der Waals surface area contributed by atoms with Crippen LogP contribution in [0.2, 0.25) is 0 Å². The van der Waals surface area contributed by atoms with E-state index in [-0.39, 0.29) is 11.9 Å². The van der Waals surface area contributed by atoms with Crippen molar-refractivity contribution in [3.05, 3.63) is 82.7 Å². The Morgan fingerprint density at radius 2 is 1.87 bits per heavy atom. The van der Waals surface area contributed by atoms with Gasteiger partial charge in [-0.15, -0.1) is 0 Å². The van der Waals surface area contributed by atoms with Crippen LogP contribution in [0.5, 0.6) is 17.2 Å². The van der Waals surface area contributed by atoms with Gasteiger partial charge in [-0.25, -0.2) is 4.39 Å². The molecule has 0 saturated heterocycles. The molecule has 1 unspecified atom stereocenters. The molecule has 4 rings (SSSR count). The Balaban J connectivity index is 1.58. The molecule has 0 heterocycles. The lowest BCUT2D eigenvalue weighted by Crippen LogP contribution is -2.32. The van der Waals surface area contributed by atoms with Gasteiger partial charge in [-0.3, -0.25) is 0 Å². The SMILES string of the molecule is CCN(C)CCOc1ccc(CN(c2cc(OC)ccc2C2CCc3cc(O)ccc3C2)C(C)C)cc1F. The van der Waals surface area contributed by atoms with Gasteiger partial charge in [0, 0.05) is 30.9 Å². The molecule has 3 aromatic rings. The molecule has 1 N–H and O–H groups in total. The topological polar surface area (TPSA) is 45.2 Å². The molecule has 0 spiro atoms. The number of fused-ring (bicyclic) bond motifs is 1. The number of anilines is 1. The Hall–Kier alpha value is -3.25. The number of hydrogen-bond donors (Lipinski definition) is 1. The molecular weight excluding hydrogens is 479 g/mol. The Morgan fingerprint density at radius 3 is 2.58 bits per heavy atom. The number of benzene rings is 3. The summed E-state index contributed by atoms with van der Waals surface area (Å²) >= 11 is 0. The number of methoxy groups -OCH3 is 1. The van der Waals surface area contributed by atoms with E-state index in [2.05, 4.69) is 42.7 Å². The summed E-state index contributed by atoms with van der Waals surface area (Å²) in [5.74, 6) is 1.45. The zero-order valence-corrected chi connectivity index (χ0v) is 23.3. The van der Waals surface area contributed by atoms with Gasteiger partial charge in [0.2, 0.25) is 0 Å². The molecule has 0 amide bonds. The number of likely N-dealkylation sites (N-methyl/N-ethyl adjacent to an activating group) is 1. The Kier molecular flexibility index (Phi) is 9.16. The summed E-state index contributed by atoms with van der Waals surface area (Å²) in [5, 5.41) is 9.90. The van der Waals surface area contributed by atoms with E-state index in [4.69, 9.17) is 9.47 Å². The van der Waals surface area contributed by atoms with Gasteiger partial charge in [0.25, 0.3) is 0 Å². The van der Waals surface area contributed by atoms with Gasteiger partial charge in [0.05, 0.1) is 7.11 Å². The molecule has 1 aliphatic rings. The number of aryl methyl sites for hydroxylation is 1. The van der Waals surface area contributed by atoms with Crippen LogP contribution in [0.3, 0.4) is 0 Å². The second-order valence-electron chi connectivity index (χ2n) is 10.5. The van der Waals surface area contributed by atoms with Crippen molar-refractivity contribution in [2.75, 3.05) is 38.8 Å². The molecule has 0 radical (unpaired) electrons. The minimum Gasteiger partial charge on any atom is -0.508 e. The van der Waals surface area contributed by atoms with E-state index in [0.29, 0.717) is 30.6 Å². The van der Waals surface area contributed by atoms with Crippen molar-refractivity contribution in [2.45, 2.75) is 58.5 Å². The van der Waals surface area contributed by atoms with Crippen LogP contribution in [0.15, 0.2) is 54.6 Å². The van der Waals surface area contributed by atoms with E-state index in [0.717, 1.165) is 49.4 Å². The lowest BCUT2D eigenvalue weighted by Gasteiger charge is -2.35. The number of aromatic hydroxyl groups is 1. The molecule has 38 heavy (non-hydrogen) atoms. The second kappa shape index (κ2) is 12.5. The standard InChI is InChI=1S/C32H41FN2O3/c1-6-34(4)15-16-38-32-14-7-23(17-30(32)33)21-35(22(2)3)31-20-28(37-5)12-13-29(31)26-9-8-25-19-27(36)11-10-24(25)18-26/h7,10-14,17,19-20,22,26,36H,6,8-9,15-16,18,21H2,1-5H3. The molecule has 5 nitrogen and oxygen atoms in total. The van der Waals surface area contributed by atoms with Crippen molar-refractivity contribution < 1.29 is 19.0 Å². The third-order valence-corrected chi connectivity index (χ3v) is 7.65. The van der Waals surface area contributed by atoms with Gasteiger partial charge in [-0.05, 0) is 105 Å². The highest BCUT2D eigenvalue weighted by Crippen LogP contribution is 2.40. The molecule has 1 aliphatic carbocycles. The predicted octanol–water partition coefficient (Wildman–Crippen LogP) is 6.56. The van der Waals surface area contributed by atoms with Crippen LogP contribution in [0, 0.1) is 5.82 Å². The zero-order chi connectivity index (χ0) is 27.2. The van der Waals surface area contributed by atoms with Crippen LogP contribution in [0.1, 0.15) is 55.4 Å². The first-order valence-electron chi connectivity index (χ1n) is 13.6. The summed E-state index contributed by atoms with van der Waals surface area (Å²) in [4.78, 5) is 4.46. The number of halogens is 1. The van der Waals surface area contributed by atoms with Gasteiger partial charge in [0.1, 0.15) is 18.1 Å². The maximum absolute atomic E-state index is 15.0. The van der Waals surface area contributed by atoms with E-state index >= 15 is 0 Å². The van der Waals surface area contributed by atoms with E-state index in [9.17, 15) is 9.50 Å². The highest BCUT2D eigenvalue weighted by molar-refractivity contribution is 5.60. The lowest BCUT2D eigenvalue weighted by atomic mass is 9.79. The Labute approximate surface area is 226 Å². The van der Waals surface area contributed by atoms with Crippen molar-refractivity contribution in [3.63, 3.8) is 0 Å². The van der Waals surface area contributed by atoms with Crippen molar-refractivity contribution in [1.29, 1.82) is 0 Å². The fraction of sp³-hybridized carbons (Fsp3) is 0.438. The summed E-state index contributed by atoms with van der Waals surface area (Å²) in [6.07, 6.45) is 2.87. The van der Waals surface area contributed by atoms with Crippen LogP contribution in [-0.2, 0) is 19.4 Å². The minimum absolute atomic E-state index is 0.192. The van der Waals surface area contributed by atoms with Gasteiger partial charge >= 0.3 is 0 Å². The highest BCUT2D eigenvalue weighted by Gasteiger charge is 2.26. The molecule has 0 saturated carbocycles. The fourth-order valence-electron chi connectivity index (χ4n) is 5.22. The van der Waals surface area contributed by atoms with Crippen molar-refractivity contribution in [2.24, 2.45) is 0 Å². The molecular formula is C32H41FN2O3. The first kappa shape index (κ1) is 27.8. The molecule has 0 aliphatic heterocycles. The summed E-state index contributed by atoms with van der Waals surface area (Å²) in [6.45, 7) is 9.13. The van der Waals surface area contributed by atoms with Gasteiger partial charge in [-0.2, -0.15) is 0 Å². The Morgan fingerprint density at radius 1 is 1.05 bits per heavy atom. The largest absolute Gasteiger partial charge is 0.508 e.